The van der Waals surface area contributed by atoms with Crippen molar-refractivity contribution in [3.63, 3.8) is 0 Å². The number of nitrogens with zero attached hydrogens (tertiary/aromatic N) is 2. The number of hydrogen-bond donors (Lipinski definition) is 3. The molecule has 0 spiro atoms. The fraction of sp³-hybridized carbons (Fsp3) is 0. The number of rotatable bonds is 3. The molecule has 19 heavy (non-hydrogen) atoms. The molecule has 0 radical (unpaired) electrons. The van der Waals surface area contributed by atoms with Gasteiger partial charge in [0.25, 0.3) is 5.91 Å². The van der Waals surface area contributed by atoms with Crippen LogP contribution in [0.1, 0.15) is 20.7 Å². The summed E-state index contributed by atoms with van der Waals surface area (Å²) in [6.07, 6.45) is 3.96. The van der Waals surface area contributed by atoms with Crippen molar-refractivity contribution < 1.29 is 19.8 Å². The Kier molecular flexibility index (Phi) is 3.37. The van der Waals surface area contributed by atoms with Crippen molar-refractivity contribution in [1.29, 1.82) is 0 Å². The van der Waals surface area contributed by atoms with Gasteiger partial charge in [0.15, 0.2) is 0 Å². The SMILES string of the molecule is O=C(Nc1ccc(O)c(C(=O)O)c1)c1cncnc1. The standard InChI is InChI=1S/C12H9N3O4/c16-10-2-1-8(3-9(10)12(18)19)15-11(17)7-4-13-6-14-5-7/h1-6,16H,(H,15,17)(H,18,19). The molecule has 2 rings (SSSR count). The van der Waals surface area contributed by atoms with Crippen LogP contribution in [0.15, 0.2) is 36.9 Å². The van der Waals surface area contributed by atoms with Crippen LogP contribution in [-0.4, -0.2) is 32.1 Å². The van der Waals surface area contributed by atoms with Crippen molar-refractivity contribution in [1.82, 2.24) is 9.97 Å². The summed E-state index contributed by atoms with van der Waals surface area (Å²) in [5, 5.41) is 20.7. The first-order valence-electron chi connectivity index (χ1n) is 5.20. The third kappa shape index (κ3) is 2.83. The zero-order chi connectivity index (χ0) is 13.8. The number of hydrogen-bond acceptors (Lipinski definition) is 5. The van der Waals surface area contributed by atoms with Crippen LogP contribution in [0.3, 0.4) is 0 Å². The Bertz CT molecular complexity index is 628. The molecule has 0 aliphatic carbocycles. The Morgan fingerprint density at radius 3 is 2.47 bits per heavy atom. The van der Waals surface area contributed by atoms with Gasteiger partial charge in [0, 0.05) is 18.1 Å². The molecule has 7 heteroatoms. The van der Waals surface area contributed by atoms with Crippen molar-refractivity contribution in [2.24, 2.45) is 0 Å². The van der Waals surface area contributed by atoms with Crippen LogP contribution in [0.4, 0.5) is 5.69 Å². The molecule has 2 aromatic rings. The molecule has 0 aliphatic heterocycles. The van der Waals surface area contributed by atoms with Crippen molar-refractivity contribution in [2.75, 3.05) is 5.32 Å². The molecule has 0 unspecified atom stereocenters. The molecule has 3 N–H and O–H groups in total. The number of aromatic hydroxyl groups is 1. The average Bonchev–Trinajstić information content (AvgIpc) is 2.41. The minimum Gasteiger partial charge on any atom is -0.507 e. The zero-order valence-electron chi connectivity index (χ0n) is 9.57. The monoisotopic (exact) mass is 259 g/mol. The van der Waals surface area contributed by atoms with E-state index < -0.39 is 11.9 Å². The summed E-state index contributed by atoms with van der Waals surface area (Å²) in [6, 6.07) is 3.75. The second-order valence-corrected chi connectivity index (χ2v) is 3.62. The fourth-order valence-corrected chi connectivity index (χ4v) is 1.40. The Morgan fingerprint density at radius 1 is 1.16 bits per heavy atom. The van der Waals surface area contributed by atoms with E-state index in [1.54, 1.807) is 0 Å². The quantitative estimate of drug-likeness (QED) is 0.712. The number of carbonyl (C=O) groups excluding carboxylic acids is 1. The summed E-state index contributed by atoms with van der Waals surface area (Å²) in [5.41, 5.74) is 0.207. The lowest BCUT2D eigenvalue weighted by atomic mass is 10.1. The van der Waals surface area contributed by atoms with E-state index in [1.165, 1.54) is 36.9 Å². The molecule has 0 fully saturated rings. The largest absolute Gasteiger partial charge is 0.507 e. The molecular formula is C12H9N3O4. The maximum absolute atomic E-state index is 11.8. The first kappa shape index (κ1) is 12.5. The first-order valence-corrected chi connectivity index (χ1v) is 5.20. The van der Waals surface area contributed by atoms with E-state index in [0.717, 1.165) is 0 Å². The second kappa shape index (κ2) is 5.13. The summed E-state index contributed by atoms with van der Waals surface area (Å²) in [5.74, 6) is -2.12. The molecule has 7 nitrogen and oxygen atoms in total. The van der Waals surface area contributed by atoms with Gasteiger partial charge in [-0.3, -0.25) is 4.79 Å². The molecular weight excluding hydrogens is 250 g/mol. The maximum Gasteiger partial charge on any atom is 0.339 e. The summed E-state index contributed by atoms with van der Waals surface area (Å²) >= 11 is 0. The summed E-state index contributed by atoms with van der Waals surface area (Å²) in [7, 11) is 0. The highest BCUT2D eigenvalue weighted by molar-refractivity contribution is 6.04. The Balaban J connectivity index is 2.23. The highest BCUT2D eigenvalue weighted by atomic mass is 16.4. The van der Waals surface area contributed by atoms with Crippen molar-refractivity contribution in [2.45, 2.75) is 0 Å². The van der Waals surface area contributed by atoms with Crippen LogP contribution >= 0.6 is 0 Å². The Hall–Kier alpha value is -2.96. The summed E-state index contributed by atoms with van der Waals surface area (Å²) in [4.78, 5) is 30.0. The lowest BCUT2D eigenvalue weighted by molar-refractivity contribution is 0.0693. The number of amides is 1. The van der Waals surface area contributed by atoms with E-state index in [1.807, 2.05) is 0 Å². The third-order valence-corrected chi connectivity index (χ3v) is 2.31. The molecule has 0 saturated carbocycles. The zero-order valence-corrected chi connectivity index (χ0v) is 9.57. The summed E-state index contributed by atoms with van der Waals surface area (Å²) < 4.78 is 0. The number of carbonyl (C=O) groups is 2. The van der Waals surface area contributed by atoms with Gasteiger partial charge in [-0.15, -0.1) is 0 Å². The smallest absolute Gasteiger partial charge is 0.339 e. The number of anilines is 1. The van der Waals surface area contributed by atoms with E-state index in [2.05, 4.69) is 15.3 Å². The van der Waals surface area contributed by atoms with Crippen molar-refractivity contribution in [3.8, 4) is 5.75 Å². The summed E-state index contributed by atoms with van der Waals surface area (Å²) in [6.45, 7) is 0. The highest BCUT2D eigenvalue weighted by Crippen LogP contribution is 2.21. The predicted octanol–water partition coefficient (Wildman–Crippen LogP) is 1.13. The molecule has 1 aromatic heterocycles. The van der Waals surface area contributed by atoms with Gasteiger partial charge in [0.05, 0.1) is 5.56 Å². The molecule has 96 valence electrons. The first-order chi connectivity index (χ1) is 9.08. The molecule has 0 atom stereocenters. The van der Waals surface area contributed by atoms with E-state index in [9.17, 15) is 14.7 Å². The minimum absolute atomic E-state index is 0.243. The fourth-order valence-electron chi connectivity index (χ4n) is 1.40. The lowest BCUT2D eigenvalue weighted by Crippen LogP contribution is -2.13. The van der Waals surface area contributed by atoms with Crippen LogP contribution in [0.5, 0.6) is 5.75 Å². The van der Waals surface area contributed by atoms with Gasteiger partial charge in [-0.05, 0) is 18.2 Å². The van der Waals surface area contributed by atoms with E-state index in [-0.39, 0.29) is 22.6 Å². The lowest BCUT2D eigenvalue weighted by Gasteiger charge is -2.06. The van der Waals surface area contributed by atoms with Gasteiger partial charge in [0.1, 0.15) is 17.6 Å². The van der Waals surface area contributed by atoms with E-state index in [4.69, 9.17) is 5.11 Å². The van der Waals surface area contributed by atoms with Crippen LogP contribution in [0.25, 0.3) is 0 Å². The number of benzene rings is 1. The Morgan fingerprint density at radius 2 is 1.84 bits per heavy atom. The molecule has 0 bridgehead atoms. The minimum atomic E-state index is -1.28. The average molecular weight is 259 g/mol. The van der Waals surface area contributed by atoms with Crippen LogP contribution < -0.4 is 5.32 Å². The van der Waals surface area contributed by atoms with Gasteiger partial charge in [-0.2, -0.15) is 0 Å². The number of carboxylic acid groups (broad SMARTS) is 1. The number of aromatic nitrogens is 2. The normalized spacial score (nSPS) is 9.89. The number of aromatic carboxylic acids is 1. The molecule has 1 heterocycles. The van der Waals surface area contributed by atoms with Crippen LogP contribution in [0, 0.1) is 0 Å². The van der Waals surface area contributed by atoms with Crippen molar-refractivity contribution >= 4 is 17.6 Å². The molecule has 0 aliphatic rings. The predicted molar refractivity (Wildman–Crippen MR) is 65.1 cm³/mol. The van der Waals surface area contributed by atoms with E-state index in [0.29, 0.717) is 0 Å². The molecule has 0 saturated heterocycles. The van der Waals surface area contributed by atoms with Crippen LogP contribution in [-0.2, 0) is 0 Å². The second-order valence-electron chi connectivity index (χ2n) is 3.62. The third-order valence-electron chi connectivity index (χ3n) is 2.31. The van der Waals surface area contributed by atoms with E-state index >= 15 is 0 Å². The highest BCUT2D eigenvalue weighted by Gasteiger charge is 2.12. The Labute approximate surface area is 107 Å². The maximum atomic E-state index is 11.8. The van der Waals surface area contributed by atoms with Gasteiger partial charge in [-0.25, -0.2) is 14.8 Å². The van der Waals surface area contributed by atoms with Gasteiger partial charge in [0.2, 0.25) is 0 Å². The van der Waals surface area contributed by atoms with Gasteiger partial charge >= 0.3 is 5.97 Å². The van der Waals surface area contributed by atoms with Crippen LogP contribution in [0.2, 0.25) is 0 Å². The number of phenols is 1. The molecule has 1 aromatic carbocycles. The topological polar surface area (TPSA) is 112 Å². The number of carboxylic acids is 1. The molecule has 1 amide bonds. The van der Waals surface area contributed by atoms with Crippen molar-refractivity contribution in [3.05, 3.63) is 48.0 Å². The van der Waals surface area contributed by atoms with Gasteiger partial charge < -0.3 is 15.5 Å². The van der Waals surface area contributed by atoms with Gasteiger partial charge in [-0.1, -0.05) is 0 Å². The number of nitrogens with one attached hydrogen (secondary N) is 1.